The minimum Gasteiger partial charge on any atom is -0.446 e. The summed E-state index contributed by atoms with van der Waals surface area (Å²) in [4.78, 5) is 82.1. The van der Waals surface area contributed by atoms with E-state index in [1.807, 2.05) is 96.7 Å². The molecule has 1 aliphatic heterocycles. The summed E-state index contributed by atoms with van der Waals surface area (Å²) in [6.45, 7) is 21.1. The average molecular weight is 1140 g/mol. The second-order valence-corrected chi connectivity index (χ2v) is 20.6. The number of aliphatic hydroxyl groups excluding tert-OH is 1. The number of rotatable bonds is 23. The Hall–Kier alpha value is -5.37. The number of aliphatic hydroxyl groups is 1. The van der Waals surface area contributed by atoms with Crippen LogP contribution in [0, 0.1) is 17.8 Å². The fraction of sp³-hybridized carbons (Fsp3) is 0.617. The van der Waals surface area contributed by atoms with E-state index in [-0.39, 0.29) is 54.4 Å². The molecule has 3 aromatic rings. The molecule has 1 aromatic heterocycles. The Labute approximate surface area is 483 Å². The van der Waals surface area contributed by atoms with Gasteiger partial charge in [-0.2, -0.15) is 0 Å². The lowest BCUT2D eigenvalue weighted by molar-refractivity contribution is -0.135. The molecule has 19 heteroatoms. The molecule has 5 unspecified atom stereocenters. The Morgan fingerprint density at radius 2 is 1.47 bits per heavy atom. The number of amides is 6. The number of anilines is 1. The van der Waals surface area contributed by atoms with E-state index < -0.39 is 30.2 Å². The highest BCUT2D eigenvalue weighted by Crippen LogP contribution is 2.25. The minimum atomic E-state index is -0.819. The van der Waals surface area contributed by atoms with Gasteiger partial charge in [-0.05, 0) is 122 Å². The molecule has 17 nitrogen and oxygen atoms in total. The second-order valence-electron chi connectivity index (χ2n) is 19.4. The largest absolute Gasteiger partial charge is 0.446 e. The van der Waals surface area contributed by atoms with Crippen molar-refractivity contribution in [2.24, 2.45) is 17.8 Å². The number of methoxy groups -OCH3 is 1. The van der Waals surface area contributed by atoms with Crippen LogP contribution >= 0.6 is 22.5 Å². The van der Waals surface area contributed by atoms with E-state index >= 15 is 0 Å². The smallest absolute Gasteiger partial charge is 0.411 e. The molecule has 6 amide bonds. The highest BCUT2D eigenvalue weighted by Gasteiger charge is 2.34. The van der Waals surface area contributed by atoms with Gasteiger partial charge in [0.25, 0.3) is 0 Å². The van der Waals surface area contributed by atoms with Crippen LogP contribution in [-0.4, -0.2) is 127 Å². The average Bonchev–Trinajstić information content (AvgIpc) is 4.19. The number of nitrogens with zero attached hydrogens (tertiary/aromatic N) is 3. The molecule has 1 aliphatic carbocycles. The zero-order valence-electron chi connectivity index (χ0n) is 50.0. The number of hydrogen-bond acceptors (Lipinski definition) is 13. The zero-order chi connectivity index (χ0) is 59.7. The standard InChI is InChI=1S/C26H40N4O6.C24H38N2O3.C5H5NS2.2C2H6.CH4O/c1-16(2)21(23(31)27-5)29-24(32)22(17(3)4)30(6)26(34)35-15-18-11-13-19(14-12-18)28-25(33)36-20-9-7-8-10-20;1-4-19(2)17-22(29-3)18-24(28)26-16-8-11-21(26)12-13-23(27)25-15-14-20-9-6-5-7-10-20;7-8-5-3-1-2-4-6-5;3*1-2/h11-14,16-17,20-22H,7-10,15H2,1-6H3,(H,27,31)(H,28,33)(H,29,32);5-7,9-10,19,21-22H,4,8,11-18H2,1-3H3,(H,25,27);1-4,7H;2*1-2H3;2H,1H3. The van der Waals surface area contributed by atoms with Crippen molar-refractivity contribution in [3.63, 3.8) is 0 Å². The van der Waals surface area contributed by atoms with E-state index in [4.69, 9.17) is 19.3 Å². The third-order valence-corrected chi connectivity index (χ3v) is 14.0. The van der Waals surface area contributed by atoms with Crippen LogP contribution in [0.5, 0.6) is 0 Å². The number of nitrogens with one attached hydrogen (secondary N) is 4. The topological polar surface area (TPSA) is 218 Å². The highest BCUT2D eigenvalue weighted by atomic mass is 33.1. The lowest BCUT2D eigenvalue weighted by atomic mass is 9.98. The molecule has 79 heavy (non-hydrogen) atoms. The molecule has 5 atom stereocenters. The van der Waals surface area contributed by atoms with Gasteiger partial charge in [0.2, 0.25) is 23.6 Å². The maximum atomic E-state index is 13.0. The minimum absolute atomic E-state index is 0.00469. The molecule has 1 saturated carbocycles. The van der Waals surface area contributed by atoms with Crippen LogP contribution in [0.1, 0.15) is 151 Å². The number of aromatic nitrogens is 1. The van der Waals surface area contributed by atoms with Crippen molar-refractivity contribution >= 4 is 64.0 Å². The van der Waals surface area contributed by atoms with Crippen molar-refractivity contribution in [2.45, 2.75) is 188 Å². The predicted molar refractivity (Wildman–Crippen MR) is 323 cm³/mol. The Bertz CT molecular complexity index is 2100. The van der Waals surface area contributed by atoms with E-state index in [9.17, 15) is 28.8 Å². The highest BCUT2D eigenvalue weighted by molar-refractivity contribution is 8.68. The van der Waals surface area contributed by atoms with E-state index in [2.05, 4.69) is 63.9 Å². The lowest BCUT2D eigenvalue weighted by Gasteiger charge is -2.31. The van der Waals surface area contributed by atoms with Gasteiger partial charge < -0.3 is 40.2 Å². The van der Waals surface area contributed by atoms with Crippen LogP contribution in [0.15, 0.2) is 84.0 Å². The predicted octanol–water partition coefficient (Wildman–Crippen LogP) is 11.3. The summed E-state index contributed by atoms with van der Waals surface area (Å²) in [5, 5.41) is 19.0. The maximum absolute atomic E-state index is 13.0. The van der Waals surface area contributed by atoms with Gasteiger partial charge >= 0.3 is 12.2 Å². The Morgan fingerprint density at radius 1 is 0.835 bits per heavy atom. The number of likely N-dealkylation sites (tertiary alicyclic amines) is 1. The number of thiol groups is 1. The molecule has 2 fully saturated rings. The first-order chi connectivity index (χ1) is 38.0. The van der Waals surface area contributed by atoms with Crippen LogP contribution < -0.4 is 21.3 Å². The molecule has 0 spiro atoms. The number of carbonyl (C=O) groups excluding carboxylic acids is 6. The van der Waals surface area contributed by atoms with Crippen molar-refractivity contribution in [2.75, 3.05) is 46.7 Å². The van der Waals surface area contributed by atoms with Crippen molar-refractivity contribution in [1.29, 1.82) is 0 Å². The summed E-state index contributed by atoms with van der Waals surface area (Å²) in [5.74, 6) is -0.251. The normalized spacial score (nSPS) is 14.9. The van der Waals surface area contributed by atoms with Crippen molar-refractivity contribution < 1.29 is 48.1 Å². The van der Waals surface area contributed by atoms with Crippen LogP contribution in [0.25, 0.3) is 0 Å². The second kappa shape index (κ2) is 44.4. The van der Waals surface area contributed by atoms with E-state index in [1.54, 1.807) is 37.6 Å². The van der Waals surface area contributed by atoms with Crippen LogP contribution in [0.4, 0.5) is 15.3 Å². The summed E-state index contributed by atoms with van der Waals surface area (Å²) < 4.78 is 16.4. The Kier molecular flexibility index (Phi) is 41.4. The van der Waals surface area contributed by atoms with E-state index in [1.165, 1.54) is 35.4 Å². The Balaban J connectivity index is 0.00000126. The molecule has 5 N–H and O–H groups in total. The van der Waals surface area contributed by atoms with Crippen molar-refractivity contribution in [3.8, 4) is 0 Å². The fourth-order valence-corrected chi connectivity index (χ4v) is 9.21. The summed E-state index contributed by atoms with van der Waals surface area (Å²) in [6.07, 6.45) is 11.1. The first-order valence-electron chi connectivity index (χ1n) is 28.3. The first-order valence-corrected chi connectivity index (χ1v) is 30.1. The monoisotopic (exact) mass is 1140 g/mol. The zero-order valence-corrected chi connectivity index (χ0v) is 51.8. The summed E-state index contributed by atoms with van der Waals surface area (Å²) in [7, 11) is 7.06. The van der Waals surface area contributed by atoms with Crippen LogP contribution in [0.3, 0.4) is 0 Å². The summed E-state index contributed by atoms with van der Waals surface area (Å²) in [5.41, 5.74) is 2.53. The number of carbonyl (C=O) groups is 6. The van der Waals surface area contributed by atoms with Gasteiger partial charge in [-0.15, -0.1) is 11.7 Å². The summed E-state index contributed by atoms with van der Waals surface area (Å²) >= 11 is 3.96. The van der Waals surface area contributed by atoms with Crippen LogP contribution in [-0.2, 0) is 46.4 Å². The maximum Gasteiger partial charge on any atom is 0.411 e. The quantitative estimate of drug-likeness (QED) is 0.0386. The van der Waals surface area contributed by atoms with Gasteiger partial charge in [-0.3, -0.25) is 29.4 Å². The third kappa shape index (κ3) is 30.1. The molecule has 0 radical (unpaired) electrons. The molecule has 5 rings (SSSR count). The van der Waals surface area contributed by atoms with E-state index in [0.29, 0.717) is 31.0 Å². The number of ether oxygens (including phenoxy) is 3. The fourth-order valence-electron chi connectivity index (χ4n) is 8.64. The summed E-state index contributed by atoms with van der Waals surface area (Å²) in [6, 6.07) is 21.4. The van der Waals surface area contributed by atoms with Gasteiger partial charge in [-0.1, -0.05) is 124 Å². The third-order valence-electron chi connectivity index (χ3n) is 13.0. The van der Waals surface area contributed by atoms with Crippen molar-refractivity contribution in [3.05, 3.63) is 90.1 Å². The molecular weight excluding hydrogens is 1040 g/mol. The number of hydrogen-bond donors (Lipinski definition) is 6. The van der Waals surface area contributed by atoms with Gasteiger partial charge in [0, 0.05) is 65.8 Å². The molecule has 2 heterocycles. The SMILES string of the molecule is CC.CC.CCC(C)CC(CC(=O)N1CCCC1CCC(=O)NCCc1ccccc1)OC.CNC(=O)C(NC(=O)C(C(C)C)N(C)C(=O)OCc1ccc(NC(=O)OC2CCCC2)cc1)C(C)C.CO.SSc1ccccn1. The molecular formula is C60H99N7O10S2. The lowest BCUT2D eigenvalue weighted by Crippen LogP contribution is -2.56. The molecule has 446 valence electrons. The van der Waals surface area contributed by atoms with Gasteiger partial charge in [0.15, 0.2) is 0 Å². The van der Waals surface area contributed by atoms with Gasteiger partial charge in [0.05, 0.1) is 12.5 Å². The van der Waals surface area contributed by atoms with Crippen molar-refractivity contribution in [1.82, 2.24) is 30.7 Å². The molecule has 0 bridgehead atoms. The first kappa shape index (κ1) is 73.6. The molecule has 1 saturated heterocycles. The Morgan fingerprint density at radius 3 is 2.00 bits per heavy atom. The van der Waals surface area contributed by atoms with E-state index in [0.717, 1.165) is 88.5 Å². The van der Waals surface area contributed by atoms with Gasteiger partial charge in [-0.25, -0.2) is 14.6 Å². The molecule has 2 aromatic carbocycles. The van der Waals surface area contributed by atoms with Gasteiger partial charge in [0.1, 0.15) is 29.8 Å². The van der Waals surface area contributed by atoms with Crippen LogP contribution in [0.2, 0.25) is 0 Å². The molecule has 2 aliphatic rings. The number of benzene rings is 2. The number of likely N-dealkylation sites (N-methyl/N-ethyl adjacent to an activating group) is 2. The number of pyridine rings is 1.